The van der Waals surface area contributed by atoms with Crippen molar-refractivity contribution in [1.29, 1.82) is 0 Å². The number of nitrogens with zero attached hydrogens (tertiary/aromatic N) is 1. The van der Waals surface area contributed by atoms with Crippen LogP contribution in [0.4, 0.5) is 4.79 Å². The first-order valence-corrected chi connectivity index (χ1v) is 7.60. The summed E-state index contributed by atoms with van der Waals surface area (Å²) in [6.45, 7) is 10.7. The van der Waals surface area contributed by atoms with Gasteiger partial charge in [0.15, 0.2) is 0 Å². The Kier molecular flexibility index (Phi) is 6.53. The van der Waals surface area contributed by atoms with E-state index in [4.69, 9.17) is 4.74 Å². The summed E-state index contributed by atoms with van der Waals surface area (Å²) in [5, 5.41) is 10.1. The quantitative estimate of drug-likeness (QED) is 0.622. The van der Waals surface area contributed by atoms with Gasteiger partial charge in [-0.05, 0) is 58.8 Å². The SMILES string of the molecule is C=CCCCC(O)C1CCN(C(=O)OC(C)(C)C)CC1. The lowest BCUT2D eigenvalue weighted by atomic mass is 9.89. The third kappa shape index (κ3) is 5.95. The normalized spacial score (nSPS) is 18.7. The van der Waals surface area contributed by atoms with Gasteiger partial charge < -0.3 is 14.7 Å². The minimum atomic E-state index is -0.446. The smallest absolute Gasteiger partial charge is 0.410 e. The van der Waals surface area contributed by atoms with E-state index in [9.17, 15) is 9.90 Å². The van der Waals surface area contributed by atoms with Crippen LogP contribution < -0.4 is 0 Å². The average molecular weight is 283 g/mol. The van der Waals surface area contributed by atoms with Gasteiger partial charge >= 0.3 is 6.09 Å². The van der Waals surface area contributed by atoms with E-state index in [-0.39, 0.29) is 12.2 Å². The molecule has 1 aliphatic heterocycles. The molecule has 0 saturated carbocycles. The van der Waals surface area contributed by atoms with Crippen LogP contribution in [0.1, 0.15) is 52.9 Å². The fourth-order valence-electron chi connectivity index (χ4n) is 2.50. The Bertz CT molecular complexity index is 314. The van der Waals surface area contributed by atoms with Crippen LogP contribution in [0.2, 0.25) is 0 Å². The second-order valence-corrected chi connectivity index (χ2v) is 6.59. The highest BCUT2D eigenvalue weighted by molar-refractivity contribution is 5.68. The van der Waals surface area contributed by atoms with Crippen molar-refractivity contribution in [2.75, 3.05) is 13.1 Å². The van der Waals surface area contributed by atoms with Gasteiger partial charge in [0.05, 0.1) is 6.10 Å². The second kappa shape index (κ2) is 7.67. The molecule has 0 bridgehead atoms. The van der Waals surface area contributed by atoms with Crippen LogP contribution >= 0.6 is 0 Å². The van der Waals surface area contributed by atoms with Crippen LogP contribution in [0, 0.1) is 5.92 Å². The third-order valence-electron chi connectivity index (χ3n) is 3.64. The van der Waals surface area contributed by atoms with Crippen molar-refractivity contribution in [3.63, 3.8) is 0 Å². The summed E-state index contributed by atoms with van der Waals surface area (Å²) in [4.78, 5) is 13.7. The molecule has 1 atom stereocenters. The van der Waals surface area contributed by atoms with Crippen molar-refractivity contribution in [2.45, 2.75) is 64.6 Å². The van der Waals surface area contributed by atoms with Crippen molar-refractivity contribution in [3.05, 3.63) is 12.7 Å². The molecule has 1 heterocycles. The van der Waals surface area contributed by atoms with E-state index in [0.717, 1.165) is 32.1 Å². The van der Waals surface area contributed by atoms with Crippen LogP contribution in [0.3, 0.4) is 0 Å². The van der Waals surface area contributed by atoms with E-state index < -0.39 is 5.60 Å². The van der Waals surface area contributed by atoms with Gasteiger partial charge in [0.1, 0.15) is 5.60 Å². The van der Waals surface area contributed by atoms with Crippen LogP contribution in [0.25, 0.3) is 0 Å². The number of amides is 1. The van der Waals surface area contributed by atoms with E-state index in [1.807, 2.05) is 26.8 Å². The van der Waals surface area contributed by atoms with Gasteiger partial charge in [-0.2, -0.15) is 0 Å². The summed E-state index contributed by atoms with van der Waals surface area (Å²) in [6, 6.07) is 0. The lowest BCUT2D eigenvalue weighted by Crippen LogP contribution is -2.43. The first-order valence-electron chi connectivity index (χ1n) is 7.60. The molecule has 4 nitrogen and oxygen atoms in total. The average Bonchev–Trinajstić information content (AvgIpc) is 2.37. The molecule has 0 aromatic rings. The molecular weight excluding hydrogens is 254 g/mol. The third-order valence-corrected chi connectivity index (χ3v) is 3.64. The molecule has 4 heteroatoms. The Hall–Kier alpha value is -1.03. The summed E-state index contributed by atoms with van der Waals surface area (Å²) in [7, 11) is 0. The number of hydrogen-bond donors (Lipinski definition) is 1. The highest BCUT2D eigenvalue weighted by Crippen LogP contribution is 2.24. The fraction of sp³-hybridized carbons (Fsp3) is 0.812. The van der Waals surface area contributed by atoms with Crippen molar-refractivity contribution >= 4 is 6.09 Å². The van der Waals surface area contributed by atoms with Crippen molar-refractivity contribution < 1.29 is 14.6 Å². The number of aliphatic hydroxyl groups excluding tert-OH is 1. The monoisotopic (exact) mass is 283 g/mol. The first-order chi connectivity index (χ1) is 9.33. The summed E-state index contributed by atoms with van der Waals surface area (Å²) in [5.74, 6) is 0.304. The highest BCUT2D eigenvalue weighted by Gasteiger charge is 2.29. The van der Waals surface area contributed by atoms with Crippen molar-refractivity contribution in [2.24, 2.45) is 5.92 Å². The van der Waals surface area contributed by atoms with E-state index >= 15 is 0 Å². The topological polar surface area (TPSA) is 49.8 Å². The predicted molar refractivity (Wildman–Crippen MR) is 80.6 cm³/mol. The molecule has 0 aromatic heterocycles. The Labute approximate surface area is 122 Å². The molecule has 1 fully saturated rings. The minimum Gasteiger partial charge on any atom is -0.444 e. The van der Waals surface area contributed by atoms with Gasteiger partial charge in [0, 0.05) is 13.1 Å². The highest BCUT2D eigenvalue weighted by atomic mass is 16.6. The van der Waals surface area contributed by atoms with E-state index in [0.29, 0.717) is 19.0 Å². The van der Waals surface area contributed by atoms with Crippen LogP contribution in [0.5, 0.6) is 0 Å². The number of rotatable bonds is 5. The maximum Gasteiger partial charge on any atom is 0.410 e. The van der Waals surface area contributed by atoms with Crippen LogP contribution in [0.15, 0.2) is 12.7 Å². The van der Waals surface area contributed by atoms with Crippen molar-refractivity contribution in [3.8, 4) is 0 Å². The van der Waals surface area contributed by atoms with Crippen LogP contribution in [-0.2, 0) is 4.74 Å². The Morgan fingerprint density at radius 2 is 2.05 bits per heavy atom. The number of piperidine rings is 1. The maximum absolute atomic E-state index is 11.9. The molecule has 1 unspecified atom stereocenters. The van der Waals surface area contributed by atoms with Gasteiger partial charge in [0.25, 0.3) is 0 Å². The largest absolute Gasteiger partial charge is 0.444 e. The number of likely N-dealkylation sites (tertiary alicyclic amines) is 1. The van der Waals surface area contributed by atoms with E-state index in [2.05, 4.69) is 6.58 Å². The lowest BCUT2D eigenvalue weighted by molar-refractivity contribution is 0.00667. The molecule has 0 aromatic carbocycles. The first kappa shape index (κ1) is 17.0. The molecule has 1 rings (SSSR count). The zero-order valence-corrected chi connectivity index (χ0v) is 13.1. The summed E-state index contributed by atoms with van der Waals surface area (Å²) in [5.41, 5.74) is -0.446. The molecule has 20 heavy (non-hydrogen) atoms. The molecule has 0 aliphatic carbocycles. The molecule has 116 valence electrons. The number of unbranched alkanes of at least 4 members (excludes halogenated alkanes) is 1. The fourth-order valence-corrected chi connectivity index (χ4v) is 2.50. The molecule has 1 amide bonds. The summed E-state index contributed by atoms with van der Waals surface area (Å²) >= 11 is 0. The van der Waals surface area contributed by atoms with E-state index in [1.165, 1.54) is 0 Å². The molecule has 1 N–H and O–H groups in total. The molecule has 0 radical (unpaired) electrons. The maximum atomic E-state index is 11.9. The van der Waals surface area contributed by atoms with Gasteiger partial charge in [-0.25, -0.2) is 4.79 Å². The Balaban J connectivity index is 2.32. The summed E-state index contributed by atoms with van der Waals surface area (Å²) < 4.78 is 5.37. The van der Waals surface area contributed by atoms with Crippen molar-refractivity contribution in [1.82, 2.24) is 4.90 Å². The lowest BCUT2D eigenvalue weighted by Gasteiger charge is -2.35. The molecule has 0 spiro atoms. The summed E-state index contributed by atoms with van der Waals surface area (Å²) in [6.07, 6.45) is 5.86. The molecule has 1 aliphatic rings. The Morgan fingerprint density at radius 1 is 1.45 bits per heavy atom. The van der Waals surface area contributed by atoms with Gasteiger partial charge in [0.2, 0.25) is 0 Å². The van der Waals surface area contributed by atoms with Gasteiger partial charge in [-0.15, -0.1) is 6.58 Å². The number of carbonyl (C=O) groups excluding carboxylic acids is 1. The van der Waals surface area contributed by atoms with E-state index in [1.54, 1.807) is 4.90 Å². The number of carbonyl (C=O) groups is 1. The van der Waals surface area contributed by atoms with Gasteiger partial charge in [-0.1, -0.05) is 6.08 Å². The second-order valence-electron chi connectivity index (χ2n) is 6.59. The zero-order valence-electron chi connectivity index (χ0n) is 13.1. The predicted octanol–water partition coefficient (Wildman–Crippen LogP) is 3.35. The van der Waals surface area contributed by atoms with Gasteiger partial charge in [-0.3, -0.25) is 0 Å². The number of aliphatic hydroxyl groups is 1. The molecule has 1 saturated heterocycles. The van der Waals surface area contributed by atoms with Crippen LogP contribution in [-0.4, -0.2) is 40.9 Å². The molecular formula is C16H29NO3. The zero-order chi connectivity index (χ0) is 15.2. The standard InChI is InChI=1S/C16H29NO3/c1-5-6-7-8-14(18)13-9-11-17(12-10-13)15(19)20-16(2,3)4/h5,13-14,18H,1,6-12H2,2-4H3. The minimum absolute atomic E-state index is 0.239. The number of hydrogen-bond acceptors (Lipinski definition) is 3. The number of ether oxygens (including phenoxy) is 1. The Morgan fingerprint density at radius 3 is 2.55 bits per heavy atom. The number of allylic oxidation sites excluding steroid dienone is 1.